The summed E-state index contributed by atoms with van der Waals surface area (Å²) in [4.78, 5) is 2.55. The lowest BCUT2D eigenvalue weighted by Crippen LogP contribution is -2.45. The fourth-order valence-corrected chi connectivity index (χ4v) is 3.51. The Morgan fingerprint density at radius 1 is 1.38 bits per heavy atom. The van der Waals surface area contributed by atoms with Crippen LogP contribution in [0.4, 0.5) is 0 Å². The fourth-order valence-electron chi connectivity index (χ4n) is 3.51. The Morgan fingerprint density at radius 2 is 2.29 bits per heavy atom. The van der Waals surface area contributed by atoms with Gasteiger partial charge in [-0.05, 0) is 44.5 Å². The number of phenolic OH excluding ortho intramolecular Hbond substituents is 1. The van der Waals surface area contributed by atoms with Crippen molar-refractivity contribution in [2.75, 3.05) is 26.2 Å². The van der Waals surface area contributed by atoms with Gasteiger partial charge in [0, 0.05) is 24.2 Å². The normalized spacial score (nSPS) is 24.9. The maximum atomic E-state index is 9.58. The molecule has 1 aromatic carbocycles. The number of nitrogens with zero attached hydrogens (tertiary/aromatic N) is 1. The second-order valence-corrected chi connectivity index (χ2v) is 6.19. The zero-order valence-electron chi connectivity index (χ0n) is 12.8. The Bertz CT molecular complexity index is 472. The highest BCUT2D eigenvalue weighted by atomic mass is 16.5. The number of benzene rings is 1. The van der Waals surface area contributed by atoms with Crippen molar-refractivity contribution < 1.29 is 9.84 Å². The van der Waals surface area contributed by atoms with E-state index in [0.29, 0.717) is 18.7 Å². The van der Waals surface area contributed by atoms with Crippen LogP contribution < -0.4 is 10.1 Å². The quantitative estimate of drug-likeness (QED) is 0.875. The minimum Gasteiger partial charge on any atom is -0.508 e. The maximum Gasteiger partial charge on any atom is 0.127 e. The lowest BCUT2D eigenvalue weighted by Gasteiger charge is -2.33. The second kappa shape index (κ2) is 6.67. The number of phenols is 1. The van der Waals surface area contributed by atoms with E-state index in [2.05, 4.69) is 17.1 Å². The molecule has 2 N–H and O–H groups in total. The summed E-state index contributed by atoms with van der Waals surface area (Å²) >= 11 is 0. The zero-order chi connectivity index (χ0) is 14.7. The minimum absolute atomic E-state index is 0.283. The molecule has 3 rings (SSSR count). The number of piperidine rings is 1. The molecule has 21 heavy (non-hydrogen) atoms. The smallest absolute Gasteiger partial charge is 0.127 e. The van der Waals surface area contributed by atoms with Gasteiger partial charge in [-0.3, -0.25) is 4.90 Å². The van der Waals surface area contributed by atoms with E-state index in [1.807, 2.05) is 6.07 Å². The Morgan fingerprint density at radius 3 is 3.05 bits per heavy atom. The van der Waals surface area contributed by atoms with Gasteiger partial charge in [-0.2, -0.15) is 0 Å². The van der Waals surface area contributed by atoms with E-state index in [9.17, 15) is 5.11 Å². The number of ether oxygens (including phenoxy) is 1. The molecule has 1 fully saturated rings. The van der Waals surface area contributed by atoms with Crippen LogP contribution in [0.15, 0.2) is 18.2 Å². The van der Waals surface area contributed by atoms with Crippen molar-refractivity contribution in [1.82, 2.24) is 10.2 Å². The molecule has 0 amide bonds. The van der Waals surface area contributed by atoms with Crippen molar-refractivity contribution in [3.05, 3.63) is 23.8 Å². The van der Waals surface area contributed by atoms with Crippen molar-refractivity contribution in [3.63, 3.8) is 0 Å². The summed E-state index contributed by atoms with van der Waals surface area (Å²) in [6.07, 6.45) is 5.06. The van der Waals surface area contributed by atoms with Crippen molar-refractivity contribution in [1.29, 1.82) is 0 Å². The predicted molar refractivity (Wildman–Crippen MR) is 83.8 cm³/mol. The van der Waals surface area contributed by atoms with Crippen LogP contribution in [0.5, 0.6) is 11.5 Å². The van der Waals surface area contributed by atoms with Crippen LogP contribution in [-0.2, 0) is 0 Å². The first kappa shape index (κ1) is 14.7. The summed E-state index contributed by atoms with van der Waals surface area (Å²) in [5.41, 5.74) is 1.22. The van der Waals surface area contributed by atoms with Crippen molar-refractivity contribution in [2.24, 2.45) is 0 Å². The van der Waals surface area contributed by atoms with E-state index in [4.69, 9.17) is 4.74 Å². The number of hydrogen-bond donors (Lipinski definition) is 2. The van der Waals surface area contributed by atoms with Crippen LogP contribution in [0, 0.1) is 0 Å². The Balaban J connectivity index is 1.72. The average Bonchev–Trinajstić information content (AvgIpc) is 2.90. The van der Waals surface area contributed by atoms with E-state index in [1.165, 1.54) is 24.8 Å². The molecule has 2 aliphatic heterocycles. The Labute approximate surface area is 127 Å². The first-order valence-corrected chi connectivity index (χ1v) is 8.21. The molecular formula is C17H26N2O2. The largest absolute Gasteiger partial charge is 0.508 e. The summed E-state index contributed by atoms with van der Waals surface area (Å²) in [6.45, 7) is 6.26. The van der Waals surface area contributed by atoms with Crippen molar-refractivity contribution in [2.45, 2.75) is 44.7 Å². The lowest BCUT2D eigenvalue weighted by atomic mass is 10.0. The van der Waals surface area contributed by atoms with Gasteiger partial charge in [0.05, 0.1) is 6.04 Å². The predicted octanol–water partition coefficient (Wildman–Crippen LogP) is 2.68. The highest BCUT2D eigenvalue weighted by Crippen LogP contribution is 2.38. The molecule has 2 unspecified atom stereocenters. The number of aromatic hydroxyl groups is 1. The topological polar surface area (TPSA) is 44.7 Å². The minimum atomic E-state index is 0.283. The van der Waals surface area contributed by atoms with Gasteiger partial charge in [0.15, 0.2) is 0 Å². The van der Waals surface area contributed by atoms with Gasteiger partial charge in [0.1, 0.15) is 18.1 Å². The van der Waals surface area contributed by atoms with Gasteiger partial charge >= 0.3 is 0 Å². The molecule has 4 nitrogen and oxygen atoms in total. The summed E-state index contributed by atoms with van der Waals surface area (Å²) in [6, 6.07) is 6.44. The van der Waals surface area contributed by atoms with Gasteiger partial charge < -0.3 is 15.2 Å². The average molecular weight is 290 g/mol. The molecular weight excluding hydrogens is 264 g/mol. The molecule has 0 spiro atoms. The van der Waals surface area contributed by atoms with Gasteiger partial charge in [0.2, 0.25) is 0 Å². The lowest BCUT2D eigenvalue weighted by molar-refractivity contribution is 0.141. The number of fused-ring (bicyclic) bond motifs is 1. The molecule has 2 aliphatic rings. The molecule has 0 aliphatic carbocycles. The Hall–Kier alpha value is -1.26. The molecule has 2 atom stereocenters. The van der Waals surface area contributed by atoms with E-state index in [0.717, 1.165) is 31.8 Å². The monoisotopic (exact) mass is 290 g/mol. The first-order valence-electron chi connectivity index (χ1n) is 8.21. The SMILES string of the molecule is CCCN(CC1CCCCN1)C1COc2cc(O)ccc21. The van der Waals surface area contributed by atoms with Crippen LogP contribution in [0.3, 0.4) is 0 Å². The summed E-state index contributed by atoms with van der Waals surface area (Å²) in [5, 5.41) is 13.2. The third-order valence-electron chi connectivity index (χ3n) is 4.57. The third-order valence-corrected chi connectivity index (χ3v) is 4.57. The highest BCUT2D eigenvalue weighted by molar-refractivity contribution is 5.44. The van der Waals surface area contributed by atoms with E-state index in [-0.39, 0.29) is 5.75 Å². The van der Waals surface area contributed by atoms with Crippen LogP contribution in [0.2, 0.25) is 0 Å². The van der Waals surface area contributed by atoms with Crippen LogP contribution in [0.25, 0.3) is 0 Å². The molecule has 0 radical (unpaired) electrons. The van der Waals surface area contributed by atoms with Crippen LogP contribution >= 0.6 is 0 Å². The molecule has 116 valence electrons. The van der Waals surface area contributed by atoms with Crippen LogP contribution in [-0.4, -0.2) is 42.3 Å². The van der Waals surface area contributed by atoms with Gasteiger partial charge in [-0.15, -0.1) is 0 Å². The maximum absolute atomic E-state index is 9.58. The van der Waals surface area contributed by atoms with E-state index < -0.39 is 0 Å². The van der Waals surface area contributed by atoms with Crippen molar-refractivity contribution >= 4 is 0 Å². The molecule has 1 aromatic rings. The van der Waals surface area contributed by atoms with Crippen molar-refractivity contribution in [3.8, 4) is 11.5 Å². The molecule has 4 heteroatoms. The van der Waals surface area contributed by atoms with Crippen LogP contribution in [0.1, 0.15) is 44.2 Å². The van der Waals surface area contributed by atoms with Gasteiger partial charge in [-0.25, -0.2) is 0 Å². The standard InChI is InChI=1S/C17H26N2O2/c1-2-9-19(11-13-5-3-4-8-18-13)16-12-21-17-10-14(20)6-7-15(16)17/h6-7,10,13,16,18,20H,2-5,8-9,11-12H2,1H3. The molecule has 0 bridgehead atoms. The second-order valence-electron chi connectivity index (χ2n) is 6.19. The summed E-state index contributed by atoms with van der Waals surface area (Å²) in [7, 11) is 0. The molecule has 2 heterocycles. The fraction of sp³-hybridized carbons (Fsp3) is 0.647. The summed E-state index contributed by atoms with van der Waals surface area (Å²) in [5.74, 6) is 1.13. The molecule has 0 saturated carbocycles. The van der Waals surface area contributed by atoms with E-state index in [1.54, 1.807) is 12.1 Å². The van der Waals surface area contributed by atoms with E-state index >= 15 is 0 Å². The first-order chi connectivity index (χ1) is 10.3. The number of nitrogens with one attached hydrogen (secondary N) is 1. The third kappa shape index (κ3) is 3.33. The van der Waals surface area contributed by atoms with Gasteiger partial charge in [-0.1, -0.05) is 13.3 Å². The zero-order valence-corrected chi connectivity index (χ0v) is 12.8. The number of hydrogen-bond acceptors (Lipinski definition) is 4. The number of rotatable bonds is 5. The summed E-state index contributed by atoms with van der Waals surface area (Å²) < 4.78 is 5.79. The van der Waals surface area contributed by atoms with Gasteiger partial charge in [0.25, 0.3) is 0 Å². The molecule has 0 aromatic heterocycles. The molecule has 1 saturated heterocycles. The Kier molecular flexibility index (Phi) is 4.66. The highest BCUT2D eigenvalue weighted by Gasteiger charge is 2.31.